The first-order valence-electron chi connectivity index (χ1n) is 11.5. The third-order valence-electron chi connectivity index (χ3n) is 6.68. The summed E-state index contributed by atoms with van der Waals surface area (Å²) in [6, 6.07) is 10.0. The van der Waals surface area contributed by atoms with Gasteiger partial charge in [-0.3, -0.25) is 0 Å². The second kappa shape index (κ2) is 9.06. The molecule has 0 amide bonds. The average Bonchev–Trinajstić information content (AvgIpc) is 3.23. The molecule has 5 rings (SSSR count). The third-order valence-corrected chi connectivity index (χ3v) is 6.92. The van der Waals surface area contributed by atoms with E-state index in [4.69, 9.17) is 26.4 Å². The lowest BCUT2D eigenvalue weighted by atomic mass is 9.82. The fourth-order valence-electron chi connectivity index (χ4n) is 5.21. The molecule has 168 valence electrons. The van der Waals surface area contributed by atoms with Crippen LogP contribution in [0.4, 0.5) is 5.82 Å². The van der Waals surface area contributed by atoms with Gasteiger partial charge < -0.3 is 9.64 Å². The van der Waals surface area contributed by atoms with Crippen LogP contribution in [0.15, 0.2) is 36.7 Å². The lowest BCUT2D eigenvalue weighted by Gasteiger charge is -2.38. The van der Waals surface area contributed by atoms with Crippen LogP contribution in [0.5, 0.6) is 11.8 Å². The maximum Gasteiger partial charge on any atom is 0.320 e. The van der Waals surface area contributed by atoms with Gasteiger partial charge in [-0.25, -0.2) is 14.6 Å². The van der Waals surface area contributed by atoms with Crippen LogP contribution in [0.1, 0.15) is 37.7 Å². The highest BCUT2D eigenvalue weighted by Gasteiger charge is 2.42. The number of aryl methyl sites for hydroxylation is 2. The molecule has 2 aliphatic rings. The summed E-state index contributed by atoms with van der Waals surface area (Å²) in [5, 5.41) is 5.46. The van der Waals surface area contributed by atoms with Gasteiger partial charge in [0.15, 0.2) is 5.82 Å². The van der Waals surface area contributed by atoms with Crippen LogP contribution < -0.4 is 9.64 Å². The number of benzene rings is 1. The van der Waals surface area contributed by atoms with Gasteiger partial charge >= 0.3 is 6.01 Å². The third kappa shape index (κ3) is 4.44. The molecule has 1 aliphatic heterocycles. The Balaban J connectivity index is 1.31. The number of anilines is 1. The summed E-state index contributed by atoms with van der Waals surface area (Å²) >= 11 is 6.12. The Hall–Kier alpha value is -2.67. The first kappa shape index (κ1) is 21.2. The van der Waals surface area contributed by atoms with Gasteiger partial charge in [0, 0.05) is 42.8 Å². The molecule has 7 nitrogen and oxygen atoms in total. The van der Waals surface area contributed by atoms with E-state index < -0.39 is 0 Å². The maximum atomic E-state index is 6.12. The molecule has 0 N–H and O–H groups in total. The zero-order valence-electron chi connectivity index (χ0n) is 18.6. The number of aromatic nitrogens is 5. The molecular weight excluding hydrogens is 424 g/mol. The van der Waals surface area contributed by atoms with Crippen molar-refractivity contribution in [2.24, 2.45) is 17.8 Å². The second-order valence-electron chi connectivity index (χ2n) is 8.98. The normalized spacial score (nSPS) is 22.3. The molecule has 1 saturated heterocycles. The van der Waals surface area contributed by atoms with Crippen molar-refractivity contribution in [2.45, 2.75) is 46.1 Å². The first-order chi connectivity index (χ1) is 15.6. The van der Waals surface area contributed by atoms with Crippen LogP contribution in [0.2, 0.25) is 5.02 Å². The molecule has 32 heavy (non-hydrogen) atoms. The van der Waals surface area contributed by atoms with E-state index in [1.807, 2.05) is 29.8 Å². The molecule has 8 heteroatoms. The van der Waals surface area contributed by atoms with Crippen LogP contribution in [0.3, 0.4) is 0 Å². The topological polar surface area (TPSA) is 69.0 Å². The predicted octanol–water partition coefficient (Wildman–Crippen LogP) is 4.94. The van der Waals surface area contributed by atoms with Gasteiger partial charge in [-0.2, -0.15) is 10.1 Å². The van der Waals surface area contributed by atoms with Crippen LogP contribution >= 0.6 is 11.6 Å². The molecule has 1 saturated carbocycles. The zero-order valence-corrected chi connectivity index (χ0v) is 19.4. The molecule has 1 aliphatic carbocycles. The van der Waals surface area contributed by atoms with Crippen molar-refractivity contribution in [1.29, 1.82) is 0 Å². The molecule has 2 unspecified atom stereocenters. The number of fused-ring (bicyclic) bond motifs is 2. The number of nitrogens with zero attached hydrogens (tertiary/aromatic N) is 6. The van der Waals surface area contributed by atoms with Crippen molar-refractivity contribution in [2.75, 3.05) is 18.0 Å². The molecule has 2 fully saturated rings. The number of ether oxygens (including phenoxy) is 1. The van der Waals surface area contributed by atoms with Crippen LogP contribution in [-0.2, 0) is 13.0 Å². The Labute approximate surface area is 193 Å². The van der Waals surface area contributed by atoms with E-state index in [1.165, 1.54) is 12.8 Å². The lowest BCUT2D eigenvalue weighted by Crippen LogP contribution is -2.43. The van der Waals surface area contributed by atoms with E-state index in [9.17, 15) is 0 Å². The van der Waals surface area contributed by atoms with Gasteiger partial charge in [-0.05, 0) is 62.1 Å². The summed E-state index contributed by atoms with van der Waals surface area (Å²) in [6.45, 7) is 7.02. The largest absolute Gasteiger partial charge is 0.424 e. The van der Waals surface area contributed by atoms with Gasteiger partial charge in [-0.15, -0.1) is 0 Å². The minimum atomic E-state index is 0.547. The Kier molecular flexibility index (Phi) is 6.00. The minimum absolute atomic E-state index is 0.547. The highest BCUT2D eigenvalue weighted by Crippen LogP contribution is 2.44. The molecule has 2 aromatic heterocycles. The summed E-state index contributed by atoms with van der Waals surface area (Å²) in [7, 11) is 0. The van der Waals surface area contributed by atoms with E-state index in [0.717, 1.165) is 49.8 Å². The summed E-state index contributed by atoms with van der Waals surface area (Å²) in [5.41, 5.74) is 1.02. The highest BCUT2D eigenvalue weighted by molar-refractivity contribution is 6.30. The lowest BCUT2D eigenvalue weighted by molar-refractivity contribution is 0.264. The highest BCUT2D eigenvalue weighted by atomic mass is 35.5. The van der Waals surface area contributed by atoms with E-state index in [2.05, 4.69) is 27.9 Å². The van der Waals surface area contributed by atoms with Gasteiger partial charge in [0.2, 0.25) is 0 Å². The van der Waals surface area contributed by atoms with Gasteiger partial charge in [0.1, 0.15) is 17.9 Å². The van der Waals surface area contributed by atoms with Crippen molar-refractivity contribution < 1.29 is 4.74 Å². The SMILES string of the molecule is CCCn1nc(CC2C3CCC2CN(c2cc(C)ncn2)C3)nc1Oc1cccc(Cl)c1. The molecule has 3 aromatic rings. The van der Waals surface area contributed by atoms with E-state index in [1.54, 1.807) is 12.4 Å². The number of rotatable bonds is 7. The van der Waals surface area contributed by atoms with Crippen LogP contribution in [-0.4, -0.2) is 37.8 Å². The van der Waals surface area contributed by atoms with E-state index in [0.29, 0.717) is 34.5 Å². The predicted molar refractivity (Wildman–Crippen MR) is 124 cm³/mol. The van der Waals surface area contributed by atoms with Crippen molar-refractivity contribution in [3.63, 3.8) is 0 Å². The zero-order chi connectivity index (χ0) is 22.1. The average molecular weight is 453 g/mol. The summed E-state index contributed by atoms with van der Waals surface area (Å²) < 4.78 is 7.94. The monoisotopic (exact) mass is 452 g/mol. The molecule has 0 spiro atoms. The van der Waals surface area contributed by atoms with Crippen LogP contribution in [0.25, 0.3) is 0 Å². The van der Waals surface area contributed by atoms with Gasteiger partial charge in [0.05, 0.1) is 0 Å². The Morgan fingerprint density at radius 1 is 1.12 bits per heavy atom. The summed E-state index contributed by atoms with van der Waals surface area (Å²) in [4.78, 5) is 16.0. The Morgan fingerprint density at radius 3 is 2.66 bits per heavy atom. The Morgan fingerprint density at radius 2 is 1.94 bits per heavy atom. The molecular formula is C24H29ClN6O. The van der Waals surface area contributed by atoms with Crippen LogP contribution in [0, 0.1) is 24.7 Å². The Bertz CT molecular complexity index is 1070. The fourth-order valence-corrected chi connectivity index (χ4v) is 5.39. The quantitative estimate of drug-likeness (QED) is 0.505. The van der Waals surface area contributed by atoms with E-state index in [-0.39, 0.29) is 0 Å². The number of halogens is 1. The van der Waals surface area contributed by atoms with Crippen molar-refractivity contribution in [1.82, 2.24) is 24.7 Å². The standard InChI is InChI=1S/C24H29ClN6O/c1-3-9-31-24(32-20-6-4-5-19(25)11-20)28-22(29-31)12-21-17-7-8-18(21)14-30(13-17)23-10-16(2)26-15-27-23/h4-6,10-11,15,17-18,21H,3,7-9,12-14H2,1-2H3. The summed E-state index contributed by atoms with van der Waals surface area (Å²) in [5.74, 6) is 4.49. The fraction of sp³-hybridized carbons (Fsp3) is 0.500. The number of hydrogen-bond donors (Lipinski definition) is 0. The van der Waals surface area contributed by atoms with Gasteiger partial charge in [0.25, 0.3) is 0 Å². The number of piperidine rings is 1. The smallest absolute Gasteiger partial charge is 0.320 e. The molecule has 2 bridgehead atoms. The van der Waals surface area contributed by atoms with Gasteiger partial charge in [-0.1, -0.05) is 24.6 Å². The maximum absolute atomic E-state index is 6.12. The van der Waals surface area contributed by atoms with Crippen molar-refractivity contribution in [3.05, 3.63) is 53.2 Å². The minimum Gasteiger partial charge on any atom is -0.424 e. The summed E-state index contributed by atoms with van der Waals surface area (Å²) in [6.07, 6.45) is 6.06. The molecule has 0 radical (unpaired) electrons. The van der Waals surface area contributed by atoms with Crippen molar-refractivity contribution in [3.8, 4) is 11.8 Å². The first-order valence-corrected chi connectivity index (χ1v) is 11.9. The number of hydrogen-bond acceptors (Lipinski definition) is 6. The molecule has 1 aromatic carbocycles. The molecule has 3 heterocycles. The van der Waals surface area contributed by atoms with Crippen molar-refractivity contribution >= 4 is 17.4 Å². The van der Waals surface area contributed by atoms with E-state index >= 15 is 0 Å². The molecule has 2 atom stereocenters. The second-order valence-corrected chi connectivity index (χ2v) is 9.42.